The Hall–Kier alpha value is -0.610. The van der Waals surface area contributed by atoms with Gasteiger partial charge in [-0.15, -0.1) is 0 Å². The van der Waals surface area contributed by atoms with Gasteiger partial charge in [-0.2, -0.15) is 0 Å². The lowest BCUT2D eigenvalue weighted by Crippen LogP contribution is -2.64. The van der Waals surface area contributed by atoms with Crippen molar-refractivity contribution in [1.29, 1.82) is 0 Å². The van der Waals surface area contributed by atoms with Gasteiger partial charge in [-0.05, 0) is 20.8 Å². The molecule has 1 fully saturated rings. The van der Waals surface area contributed by atoms with Crippen LogP contribution in [0.15, 0.2) is 0 Å². The van der Waals surface area contributed by atoms with Crippen molar-refractivity contribution in [2.24, 2.45) is 11.1 Å². The van der Waals surface area contributed by atoms with Crippen molar-refractivity contribution in [1.82, 2.24) is 0 Å². The fourth-order valence-electron chi connectivity index (χ4n) is 1.78. The monoisotopic (exact) mass is 229 g/mol. The third-order valence-electron chi connectivity index (χ3n) is 3.07. The molecule has 0 aliphatic carbocycles. The summed E-state index contributed by atoms with van der Waals surface area (Å²) in [5, 5.41) is 0. The minimum atomic E-state index is -0.946. The van der Waals surface area contributed by atoms with E-state index in [1.54, 1.807) is 0 Å². The van der Waals surface area contributed by atoms with Crippen LogP contribution < -0.4 is 5.73 Å². The third kappa shape index (κ3) is 2.55. The van der Waals surface area contributed by atoms with Crippen LogP contribution >= 0.6 is 0 Å². The van der Waals surface area contributed by atoms with Crippen molar-refractivity contribution < 1.29 is 14.3 Å². The maximum atomic E-state index is 12.1. The molecule has 1 heterocycles. The molecule has 1 saturated heterocycles. The Labute approximate surface area is 97.5 Å². The van der Waals surface area contributed by atoms with Crippen molar-refractivity contribution in [3.8, 4) is 0 Å². The second kappa shape index (κ2) is 4.00. The van der Waals surface area contributed by atoms with Crippen LogP contribution in [0, 0.1) is 5.41 Å². The van der Waals surface area contributed by atoms with Crippen LogP contribution in [-0.2, 0) is 14.3 Å². The van der Waals surface area contributed by atoms with Gasteiger partial charge in [0.2, 0.25) is 0 Å². The molecule has 1 aliphatic rings. The topological polar surface area (TPSA) is 61.5 Å². The van der Waals surface area contributed by atoms with Gasteiger partial charge in [0.15, 0.2) is 0 Å². The number of rotatable bonds is 1. The predicted octanol–water partition coefficient (Wildman–Crippen LogP) is 1.47. The number of carbonyl (C=O) groups is 1. The van der Waals surface area contributed by atoms with Gasteiger partial charge < -0.3 is 15.2 Å². The quantitative estimate of drug-likeness (QED) is 0.692. The van der Waals surface area contributed by atoms with Gasteiger partial charge in [0, 0.05) is 18.4 Å². The first-order valence-corrected chi connectivity index (χ1v) is 5.69. The van der Waals surface area contributed by atoms with E-state index in [0.29, 0.717) is 19.6 Å². The van der Waals surface area contributed by atoms with Crippen molar-refractivity contribution in [3.05, 3.63) is 0 Å². The van der Waals surface area contributed by atoms with Gasteiger partial charge in [-0.1, -0.05) is 13.8 Å². The van der Waals surface area contributed by atoms with Gasteiger partial charge in [0.25, 0.3) is 0 Å². The lowest BCUT2D eigenvalue weighted by Gasteiger charge is -2.45. The van der Waals surface area contributed by atoms with E-state index in [1.807, 2.05) is 34.6 Å². The number of hydrogen-bond donors (Lipinski definition) is 1. The molecular weight excluding hydrogens is 206 g/mol. The van der Waals surface area contributed by atoms with Crippen LogP contribution in [0.1, 0.15) is 41.0 Å². The van der Waals surface area contributed by atoms with Gasteiger partial charge in [0.1, 0.15) is 11.1 Å². The fourth-order valence-corrected chi connectivity index (χ4v) is 1.78. The second-order valence-electron chi connectivity index (χ2n) is 6.16. The number of esters is 1. The Morgan fingerprint density at radius 3 is 2.38 bits per heavy atom. The summed E-state index contributed by atoms with van der Waals surface area (Å²) in [5.74, 6) is -0.326. The molecule has 1 atom stereocenters. The highest BCUT2D eigenvalue weighted by atomic mass is 16.6. The molecule has 0 bridgehead atoms. The Balaban J connectivity index is 2.86. The Morgan fingerprint density at radius 1 is 1.38 bits per heavy atom. The molecule has 0 aromatic heterocycles. The summed E-state index contributed by atoms with van der Waals surface area (Å²) in [5.41, 5.74) is 4.39. The summed E-state index contributed by atoms with van der Waals surface area (Å²) in [6, 6.07) is 0. The highest BCUT2D eigenvalue weighted by Crippen LogP contribution is 2.37. The zero-order chi connectivity index (χ0) is 12.6. The molecule has 0 saturated carbocycles. The normalized spacial score (nSPS) is 29.9. The van der Waals surface area contributed by atoms with Crippen molar-refractivity contribution in [2.75, 3.05) is 13.2 Å². The van der Waals surface area contributed by atoms with Crippen LogP contribution in [-0.4, -0.2) is 30.3 Å². The third-order valence-corrected chi connectivity index (χ3v) is 3.07. The van der Waals surface area contributed by atoms with Crippen LogP contribution in [0.2, 0.25) is 0 Å². The molecule has 1 unspecified atom stereocenters. The van der Waals surface area contributed by atoms with E-state index < -0.39 is 16.6 Å². The predicted molar refractivity (Wildman–Crippen MR) is 62.0 cm³/mol. The summed E-state index contributed by atoms with van der Waals surface area (Å²) in [6.07, 6.45) is 0.509. The highest BCUT2D eigenvalue weighted by Gasteiger charge is 2.52. The minimum Gasteiger partial charge on any atom is -0.459 e. The fraction of sp³-hybridized carbons (Fsp3) is 0.917. The van der Waals surface area contributed by atoms with E-state index in [2.05, 4.69) is 0 Å². The molecule has 1 aliphatic heterocycles. The zero-order valence-electron chi connectivity index (χ0n) is 10.9. The molecular formula is C12H23NO3. The summed E-state index contributed by atoms with van der Waals surface area (Å²) in [7, 11) is 0. The lowest BCUT2D eigenvalue weighted by molar-refractivity contribution is -0.175. The maximum Gasteiger partial charge on any atom is 0.327 e. The molecule has 1 rings (SSSR count). The van der Waals surface area contributed by atoms with Gasteiger partial charge >= 0.3 is 5.97 Å². The molecule has 0 aromatic carbocycles. The summed E-state index contributed by atoms with van der Waals surface area (Å²) in [6.45, 7) is 10.4. The Kier molecular flexibility index (Phi) is 3.37. The number of ether oxygens (including phenoxy) is 2. The van der Waals surface area contributed by atoms with Crippen LogP contribution in [0.5, 0.6) is 0 Å². The molecule has 4 nitrogen and oxygen atoms in total. The number of hydrogen-bond acceptors (Lipinski definition) is 4. The van der Waals surface area contributed by atoms with Crippen LogP contribution in [0.4, 0.5) is 0 Å². The molecule has 0 aromatic rings. The van der Waals surface area contributed by atoms with E-state index in [4.69, 9.17) is 15.2 Å². The SMILES string of the molecule is CC(C)(C)OC(=O)C1(N)CCOCC1(C)C. The smallest absolute Gasteiger partial charge is 0.327 e. The molecule has 0 spiro atoms. The summed E-state index contributed by atoms with van der Waals surface area (Å²) >= 11 is 0. The highest BCUT2D eigenvalue weighted by molar-refractivity contribution is 5.82. The molecule has 4 heteroatoms. The van der Waals surface area contributed by atoms with E-state index in [0.717, 1.165) is 0 Å². The standard InChI is InChI=1S/C12H23NO3/c1-10(2,3)16-9(14)12(13)6-7-15-8-11(12,4)5/h6-8,13H2,1-5H3. The Bertz CT molecular complexity index is 280. The van der Waals surface area contributed by atoms with Crippen molar-refractivity contribution in [2.45, 2.75) is 52.2 Å². The first-order chi connectivity index (χ1) is 7.08. The number of nitrogens with two attached hydrogens (primary N) is 1. The first kappa shape index (κ1) is 13.5. The van der Waals surface area contributed by atoms with Crippen LogP contribution in [0.3, 0.4) is 0 Å². The zero-order valence-corrected chi connectivity index (χ0v) is 10.9. The minimum absolute atomic E-state index is 0.326. The second-order valence-corrected chi connectivity index (χ2v) is 6.16. The van der Waals surface area contributed by atoms with E-state index in [9.17, 15) is 4.79 Å². The van der Waals surface area contributed by atoms with E-state index >= 15 is 0 Å². The first-order valence-electron chi connectivity index (χ1n) is 5.69. The number of carbonyl (C=O) groups excluding carboxylic acids is 1. The van der Waals surface area contributed by atoms with Gasteiger partial charge in [-0.3, -0.25) is 4.79 Å². The summed E-state index contributed by atoms with van der Waals surface area (Å²) in [4.78, 5) is 12.1. The van der Waals surface area contributed by atoms with Gasteiger partial charge in [0.05, 0.1) is 6.61 Å². The summed E-state index contributed by atoms with van der Waals surface area (Å²) < 4.78 is 10.8. The van der Waals surface area contributed by atoms with Gasteiger partial charge in [-0.25, -0.2) is 0 Å². The molecule has 94 valence electrons. The molecule has 0 radical (unpaired) electrons. The lowest BCUT2D eigenvalue weighted by atomic mass is 9.70. The van der Waals surface area contributed by atoms with Crippen molar-refractivity contribution >= 4 is 5.97 Å². The van der Waals surface area contributed by atoms with Crippen molar-refractivity contribution in [3.63, 3.8) is 0 Å². The molecule has 2 N–H and O–H groups in total. The van der Waals surface area contributed by atoms with E-state index in [1.165, 1.54) is 0 Å². The van der Waals surface area contributed by atoms with E-state index in [-0.39, 0.29) is 5.97 Å². The average molecular weight is 229 g/mol. The van der Waals surface area contributed by atoms with Crippen LogP contribution in [0.25, 0.3) is 0 Å². The Morgan fingerprint density at radius 2 is 1.94 bits per heavy atom. The maximum absolute atomic E-state index is 12.1. The molecule has 16 heavy (non-hydrogen) atoms. The average Bonchev–Trinajstić information content (AvgIpc) is 2.07. The largest absolute Gasteiger partial charge is 0.459 e. The molecule has 0 amide bonds.